The van der Waals surface area contributed by atoms with E-state index in [-0.39, 0.29) is 0 Å². The van der Waals surface area contributed by atoms with Crippen LogP contribution in [0, 0.1) is 0 Å². The predicted octanol–water partition coefficient (Wildman–Crippen LogP) is 4.72. The van der Waals surface area contributed by atoms with E-state index in [0.717, 1.165) is 37.7 Å². The van der Waals surface area contributed by atoms with Crippen LogP contribution in [0.25, 0.3) is 0 Å². The maximum Gasteiger partial charge on any atom is 0.412 e. The van der Waals surface area contributed by atoms with Gasteiger partial charge in [0.2, 0.25) is 0 Å². The molecule has 1 aliphatic carbocycles. The molecule has 2 fully saturated rings. The largest absolute Gasteiger partial charge is 0.444 e. The molecule has 0 unspecified atom stereocenters. The van der Waals surface area contributed by atoms with E-state index in [0.29, 0.717) is 22.4 Å². The summed E-state index contributed by atoms with van der Waals surface area (Å²) >= 11 is 6.48. The Bertz CT molecular complexity index is 707. The number of nitrogens with zero attached hydrogens (tertiary/aromatic N) is 2. The molecular formula is C21H33ClN4O2. The Morgan fingerprint density at radius 1 is 1.21 bits per heavy atom. The fourth-order valence-corrected chi connectivity index (χ4v) is 4.24. The second kappa shape index (κ2) is 8.37. The number of hydrogen-bond acceptors (Lipinski definition) is 5. The van der Waals surface area contributed by atoms with Crippen LogP contribution in [0.1, 0.15) is 52.9 Å². The summed E-state index contributed by atoms with van der Waals surface area (Å²) in [6.07, 6.45) is 5.74. The number of nitrogens with two attached hydrogens (primary N) is 1. The maximum atomic E-state index is 12.1. The van der Waals surface area contributed by atoms with Crippen LogP contribution in [0.5, 0.6) is 0 Å². The first-order valence-corrected chi connectivity index (χ1v) is 10.6. The predicted molar refractivity (Wildman–Crippen MR) is 116 cm³/mol. The smallest absolute Gasteiger partial charge is 0.412 e. The van der Waals surface area contributed by atoms with Gasteiger partial charge in [0, 0.05) is 25.2 Å². The zero-order chi connectivity index (χ0) is 20.5. The molecule has 0 atom stereocenters. The highest BCUT2D eigenvalue weighted by Crippen LogP contribution is 2.36. The zero-order valence-corrected chi connectivity index (χ0v) is 18.2. The lowest BCUT2D eigenvalue weighted by atomic mass is 9.89. The van der Waals surface area contributed by atoms with Gasteiger partial charge in [-0.15, -0.1) is 0 Å². The van der Waals surface area contributed by atoms with Crippen LogP contribution in [-0.2, 0) is 4.74 Å². The first-order chi connectivity index (χ1) is 13.1. The summed E-state index contributed by atoms with van der Waals surface area (Å²) in [5, 5.41) is 3.36. The lowest BCUT2D eigenvalue weighted by Crippen LogP contribution is -2.49. The summed E-state index contributed by atoms with van der Waals surface area (Å²) in [5.41, 5.74) is 7.37. The van der Waals surface area contributed by atoms with Crippen molar-refractivity contribution in [2.45, 2.75) is 70.6 Å². The number of piperidine rings is 1. The molecule has 7 heteroatoms. The molecule has 0 bridgehead atoms. The summed E-state index contributed by atoms with van der Waals surface area (Å²) in [6, 6.07) is 4.96. The average Bonchev–Trinajstić information content (AvgIpc) is 2.54. The van der Waals surface area contributed by atoms with Gasteiger partial charge in [-0.05, 0) is 65.6 Å². The molecule has 6 nitrogen and oxygen atoms in total. The number of nitrogen functional groups attached to an aromatic ring is 1. The number of anilines is 3. The van der Waals surface area contributed by atoms with Crippen molar-refractivity contribution in [3.05, 3.63) is 17.2 Å². The molecule has 1 heterocycles. The van der Waals surface area contributed by atoms with Gasteiger partial charge in [0.1, 0.15) is 5.60 Å². The lowest BCUT2D eigenvalue weighted by Gasteiger charge is -2.44. The second-order valence-corrected chi connectivity index (χ2v) is 9.39. The third-order valence-corrected chi connectivity index (χ3v) is 6.09. The van der Waals surface area contributed by atoms with Crippen LogP contribution in [-0.4, -0.2) is 48.8 Å². The summed E-state index contributed by atoms with van der Waals surface area (Å²) in [7, 11) is 2.27. The molecule has 1 saturated carbocycles. The highest BCUT2D eigenvalue weighted by Gasteiger charge is 2.30. The molecule has 1 saturated heterocycles. The molecule has 1 amide bonds. The third kappa shape index (κ3) is 5.03. The second-order valence-electron chi connectivity index (χ2n) is 8.99. The third-order valence-electron chi connectivity index (χ3n) is 5.79. The topological polar surface area (TPSA) is 70.8 Å². The monoisotopic (exact) mass is 408 g/mol. The summed E-state index contributed by atoms with van der Waals surface area (Å²) in [5.74, 6) is 0. The van der Waals surface area contributed by atoms with Crippen molar-refractivity contribution in [1.29, 1.82) is 0 Å². The molecule has 1 aromatic carbocycles. The van der Waals surface area contributed by atoms with Crippen molar-refractivity contribution in [2.24, 2.45) is 0 Å². The number of hydrogen-bond donors (Lipinski definition) is 2. The lowest BCUT2D eigenvalue weighted by molar-refractivity contribution is 0.0636. The van der Waals surface area contributed by atoms with Crippen molar-refractivity contribution in [2.75, 3.05) is 36.1 Å². The Morgan fingerprint density at radius 3 is 2.36 bits per heavy atom. The summed E-state index contributed by atoms with van der Waals surface area (Å²) < 4.78 is 5.33. The number of halogens is 1. The molecule has 3 N–H and O–H groups in total. The normalized spacial score (nSPS) is 18.9. The van der Waals surface area contributed by atoms with Crippen LogP contribution in [0.2, 0.25) is 5.02 Å². The van der Waals surface area contributed by atoms with Crippen molar-refractivity contribution in [3.63, 3.8) is 0 Å². The van der Waals surface area contributed by atoms with Gasteiger partial charge < -0.3 is 20.3 Å². The van der Waals surface area contributed by atoms with E-state index in [1.165, 1.54) is 19.3 Å². The SMILES string of the molecule is CN(C1CCC1)C1CCN(c2cc(NC(=O)OC(C)(C)C)c(N)cc2Cl)CC1. The fourth-order valence-electron chi connectivity index (χ4n) is 3.95. The van der Waals surface area contributed by atoms with Crippen LogP contribution in [0.3, 0.4) is 0 Å². The molecule has 0 aromatic heterocycles. The summed E-state index contributed by atoms with van der Waals surface area (Å²) in [6.45, 7) is 7.37. The Balaban J connectivity index is 1.66. The van der Waals surface area contributed by atoms with E-state index >= 15 is 0 Å². The number of ether oxygens (including phenoxy) is 1. The quantitative estimate of drug-likeness (QED) is 0.705. The fraction of sp³-hybridized carbons (Fsp3) is 0.667. The Kier molecular flexibility index (Phi) is 6.30. The number of carbonyl (C=O) groups excluding carboxylic acids is 1. The van der Waals surface area contributed by atoms with Gasteiger partial charge in [0.15, 0.2) is 0 Å². The van der Waals surface area contributed by atoms with E-state index in [4.69, 9.17) is 22.1 Å². The van der Waals surface area contributed by atoms with Gasteiger partial charge in [0.25, 0.3) is 0 Å². The first kappa shape index (κ1) is 21.1. The standard InChI is InChI=1S/C21H33ClN4O2/c1-21(2,3)28-20(27)24-18-13-19(16(22)12-17(18)23)26-10-8-15(9-11-26)25(4)14-6-5-7-14/h12-15H,5-11,23H2,1-4H3,(H,24,27). The molecule has 1 aliphatic heterocycles. The molecule has 1 aromatic rings. The first-order valence-electron chi connectivity index (χ1n) is 10.2. The highest BCUT2D eigenvalue weighted by atomic mass is 35.5. The molecule has 2 aliphatic rings. The minimum atomic E-state index is -0.567. The van der Waals surface area contributed by atoms with E-state index in [2.05, 4.69) is 22.2 Å². The minimum Gasteiger partial charge on any atom is -0.444 e. The van der Waals surface area contributed by atoms with Gasteiger partial charge >= 0.3 is 6.09 Å². The average molecular weight is 409 g/mol. The van der Waals surface area contributed by atoms with Crippen molar-refractivity contribution >= 4 is 34.8 Å². The number of benzene rings is 1. The summed E-state index contributed by atoms with van der Waals surface area (Å²) in [4.78, 5) is 17.0. The van der Waals surface area contributed by atoms with E-state index in [1.54, 1.807) is 6.07 Å². The van der Waals surface area contributed by atoms with Crippen molar-refractivity contribution in [1.82, 2.24) is 4.90 Å². The molecule has 3 rings (SSSR count). The van der Waals surface area contributed by atoms with Crippen LogP contribution >= 0.6 is 11.6 Å². The van der Waals surface area contributed by atoms with Gasteiger partial charge in [-0.2, -0.15) is 0 Å². The number of nitrogens with one attached hydrogen (secondary N) is 1. The van der Waals surface area contributed by atoms with Crippen molar-refractivity contribution < 1.29 is 9.53 Å². The zero-order valence-electron chi connectivity index (χ0n) is 17.4. The molecule has 156 valence electrons. The van der Waals surface area contributed by atoms with Crippen LogP contribution in [0.4, 0.5) is 21.9 Å². The van der Waals surface area contributed by atoms with E-state index < -0.39 is 11.7 Å². The minimum absolute atomic E-state index is 0.430. The van der Waals surface area contributed by atoms with Gasteiger partial charge in [-0.1, -0.05) is 18.0 Å². The number of amides is 1. The number of rotatable bonds is 4. The molecule has 0 spiro atoms. The van der Waals surface area contributed by atoms with Crippen LogP contribution in [0.15, 0.2) is 12.1 Å². The van der Waals surface area contributed by atoms with Crippen molar-refractivity contribution in [3.8, 4) is 0 Å². The van der Waals surface area contributed by atoms with Crippen LogP contribution < -0.4 is 16.0 Å². The maximum absolute atomic E-state index is 12.1. The van der Waals surface area contributed by atoms with E-state index in [1.807, 2.05) is 26.8 Å². The molecular weight excluding hydrogens is 376 g/mol. The Labute approximate surface area is 173 Å². The van der Waals surface area contributed by atoms with Gasteiger partial charge in [-0.3, -0.25) is 5.32 Å². The van der Waals surface area contributed by atoms with Gasteiger partial charge in [-0.25, -0.2) is 4.79 Å². The van der Waals surface area contributed by atoms with Gasteiger partial charge in [0.05, 0.1) is 22.1 Å². The highest BCUT2D eigenvalue weighted by molar-refractivity contribution is 6.33. The Morgan fingerprint density at radius 2 is 1.82 bits per heavy atom. The molecule has 0 radical (unpaired) electrons. The van der Waals surface area contributed by atoms with E-state index in [9.17, 15) is 4.79 Å². The molecule has 28 heavy (non-hydrogen) atoms. The Hall–Kier alpha value is -1.66. The number of carbonyl (C=O) groups is 1.